The molecule has 0 atom stereocenters. The molecule has 0 saturated carbocycles. The number of fused-ring (bicyclic) bond motifs is 1. The van der Waals surface area contributed by atoms with Crippen molar-refractivity contribution in [3.63, 3.8) is 0 Å². The predicted octanol–water partition coefficient (Wildman–Crippen LogP) is 1.95. The highest BCUT2D eigenvalue weighted by molar-refractivity contribution is 6.02. The minimum absolute atomic E-state index is 0.131. The Morgan fingerprint density at radius 1 is 1.07 bits per heavy atom. The van der Waals surface area contributed by atoms with Crippen LogP contribution in [0.2, 0.25) is 0 Å². The topological polar surface area (TPSA) is 77.8 Å². The smallest absolute Gasteiger partial charge is 0.339 e. The number of aromatic hydroxyl groups is 2. The number of rotatable bonds is 1. The molecule has 0 fully saturated rings. The normalized spacial score (nSPS) is 10.4. The maximum absolute atomic E-state index is 10.7. The van der Waals surface area contributed by atoms with Crippen molar-refractivity contribution in [1.82, 2.24) is 0 Å². The van der Waals surface area contributed by atoms with Crippen LogP contribution in [0.1, 0.15) is 10.4 Å². The number of phenols is 2. The fourth-order valence-corrected chi connectivity index (χ4v) is 1.51. The first kappa shape index (κ1) is 9.33. The number of carbonyl (C=O) groups is 1. The summed E-state index contributed by atoms with van der Waals surface area (Å²) in [5.74, 6) is -1.76. The van der Waals surface area contributed by atoms with E-state index in [9.17, 15) is 15.0 Å². The van der Waals surface area contributed by atoms with Crippen LogP contribution >= 0.6 is 0 Å². The molecule has 0 unspecified atom stereocenters. The molecule has 4 nitrogen and oxygen atoms in total. The minimum Gasteiger partial charge on any atom is -0.507 e. The first-order chi connectivity index (χ1) is 7.11. The molecule has 0 radical (unpaired) electrons. The largest absolute Gasteiger partial charge is 0.507 e. The average Bonchev–Trinajstić information content (AvgIpc) is 2.17. The maximum atomic E-state index is 10.7. The van der Waals surface area contributed by atoms with E-state index in [1.54, 1.807) is 12.1 Å². The first-order valence-corrected chi connectivity index (χ1v) is 4.28. The van der Waals surface area contributed by atoms with Gasteiger partial charge in [-0.2, -0.15) is 0 Å². The van der Waals surface area contributed by atoms with Gasteiger partial charge >= 0.3 is 5.97 Å². The SMILES string of the molecule is O=C(O)c1ccc2cccc(O)c2c1O. The van der Waals surface area contributed by atoms with Gasteiger partial charge in [0.2, 0.25) is 0 Å². The van der Waals surface area contributed by atoms with Gasteiger partial charge in [0.15, 0.2) is 0 Å². The molecule has 0 aromatic heterocycles. The van der Waals surface area contributed by atoms with E-state index in [1.165, 1.54) is 18.2 Å². The molecule has 0 saturated heterocycles. The molecule has 0 heterocycles. The molecule has 0 bridgehead atoms. The Morgan fingerprint density at radius 2 is 1.80 bits per heavy atom. The van der Waals surface area contributed by atoms with Gasteiger partial charge in [-0.05, 0) is 17.5 Å². The molecule has 15 heavy (non-hydrogen) atoms. The minimum atomic E-state index is -1.22. The lowest BCUT2D eigenvalue weighted by atomic mass is 10.0. The van der Waals surface area contributed by atoms with E-state index in [4.69, 9.17) is 5.11 Å². The Kier molecular flexibility index (Phi) is 1.97. The van der Waals surface area contributed by atoms with Crippen LogP contribution in [0.5, 0.6) is 11.5 Å². The van der Waals surface area contributed by atoms with Crippen LogP contribution in [0, 0.1) is 0 Å². The Morgan fingerprint density at radius 3 is 2.47 bits per heavy atom. The van der Waals surface area contributed by atoms with Gasteiger partial charge in [0.05, 0.1) is 5.39 Å². The molecular weight excluding hydrogens is 196 g/mol. The van der Waals surface area contributed by atoms with E-state index in [-0.39, 0.29) is 16.7 Å². The monoisotopic (exact) mass is 204 g/mol. The van der Waals surface area contributed by atoms with E-state index >= 15 is 0 Å². The van der Waals surface area contributed by atoms with Crippen molar-refractivity contribution in [1.29, 1.82) is 0 Å². The summed E-state index contributed by atoms with van der Waals surface area (Å²) >= 11 is 0. The first-order valence-electron chi connectivity index (χ1n) is 4.28. The second-order valence-electron chi connectivity index (χ2n) is 3.14. The Bertz CT molecular complexity index is 546. The van der Waals surface area contributed by atoms with Crippen LogP contribution in [0.25, 0.3) is 10.8 Å². The molecule has 0 aliphatic heterocycles. The van der Waals surface area contributed by atoms with E-state index in [0.717, 1.165) is 0 Å². The van der Waals surface area contributed by atoms with Crippen molar-refractivity contribution in [2.75, 3.05) is 0 Å². The van der Waals surface area contributed by atoms with E-state index in [0.29, 0.717) is 5.39 Å². The number of carboxylic acids is 1. The fourth-order valence-electron chi connectivity index (χ4n) is 1.51. The van der Waals surface area contributed by atoms with Gasteiger partial charge in [0.25, 0.3) is 0 Å². The zero-order valence-corrected chi connectivity index (χ0v) is 7.64. The molecule has 0 amide bonds. The average molecular weight is 204 g/mol. The van der Waals surface area contributed by atoms with E-state index in [1.807, 2.05) is 0 Å². The second-order valence-corrected chi connectivity index (χ2v) is 3.14. The third kappa shape index (κ3) is 1.36. The molecule has 0 aliphatic carbocycles. The second kappa shape index (κ2) is 3.16. The standard InChI is InChI=1S/C11H8O4/c12-8-3-1-2-6-4-5-7(11(14)15)10(13)9(6)8/h1-5,12-13H,(H,14,15). The van der Waals surface area contributed by atoms with Crippen LogP contribution < -0.4 is 0 Å². The summed E-state index contributed by atoms with van der Waals surface area (Å²) < 4.78 is 0. The molecule has 76 valence electrons. The van der Waals surface area contributed by atoms with Gasteiger partial charge in [0.1, 0.15) is 17.1 Å². The number of aromatic carboxylic acids is 1. The summed E-state index contributed by atoms with van der Waals surface area (Å²) in [6, 6.07) is 7.54. The summed E-state index contributed by atoms with van der Waals surface area (Å²) in [5, 5.41) is 28.7. The number of hydrogen-bond acceptors (Lipinski definition) is 3. The lowest BCUT2D eigenvalue weighted by Crippen LogP contribution is -1.96. The molecule has 2 aromatic carbocycles. The molecule has 0 aliphatic rings. The quantitative estimate of drug-likeness (QED) is 0.663. The fraction of sp³-hybridized carbons (Fsp3) is 0. The third-order valence-corrected chi connectivity index (χ3v) is 2.23. The summed E-state index contributed by atoms with van der Waals surface area (Å²) in [6.45, 7) is 0. The van der Waals surface area contributed by atoms with Crippen LogP contribution in [-0.2, 0) is 0 Å². The highest BCUT2D eigenvalue weighted by Crippen LogP contribution is 2.34. The summed E-state index contributed by atoms with van der Waals surface area (Å²) in [5.41, 5.74) is -0.219. The number of phenolic OH excluding ortho intramolecular Hbond substituents is 1. The van der Waals surface area contributed by atoms with E-state index < -0.39 is 11.7 Å². The zero-order chi connectivity index (χ0) is 11.0. The van der Waals surface area contributed by atoms with Crippen molar-refractivity contribution in [2.45, 2.75) is 0 Å². The number of benzene rings is 2. The summed E-state index contributed by atoms with van der Waals surface area (Å²) in [4.78, 5) is 10.7. The summed E-state index contributed by atoms with van der Waals surface area (Å²) in [7, 11) is 0. The Labute approximate surface area is 85.0 Å². The molecule has 2 rings (SSSR count). The van der Waals surface area contributed by atoms with Crippen molar-refractivity contribution in [3.05, 3.63) is 35.9 Å². The highest BCUT2D eigenvalue weighted by Gasteiger charge is 2.14. The van der Waals surface area contributed by atoms with Gasteiger partial charge < -0.3 is 15.3 Å². The number of carboxylic acid groups (broad SMARTS) is 1. The van der Waals surface area contributed by atoms with Crippen LogP contribution in [0.3, 0.4) is 0 Å². The lowest BCUT2D eigenvalue weighted by Gasteiger charge is -2.05. The van der Waals surface area contributed by atoms with Crippen LogP contribution in [-0.4, -0.2) is 21.3 Å². The third-order valence-electron chi connectivity index (χ3n) is 2.23. The highest BCUT2D eigenvalue weighted by atomic mass is 16.4. The molecule has 0 spiro atoms. The maximum Gasteiger partial charge on any atom is 0.339 e. The van der Waals surface area contributed by atoms with Crippen LogP contribution in [0.15, 0.2) is 30.3 Å². The summed E-state index contributed by atoms with van der Waals surface area (Å²) in [6.07, 6.45) is 0. The predicted molar refractivity (Wildman–Crippen MR) is 54.2 cm³/mol. The Balaban J connectivity index is 2.89. The van der Waals surface area contributed by atoms with Crippen molar-refractivity contribution in [2.24, 2.45) is 0 Å². The zero-order valence-electron chi connectivity index (χ0n) is 7.64. The van der Waals surface area contributed by atoms with E-state index in [2.05, 4.69) is 0 Å². The molecular formula is C11H8O4. The van der Waals surface area contributed by atoms with Gasteiger partial charge in [-0.15, -0.1) is 0 Å². The van der Waals surface area contributed by atoms with Gasteiger partial charge in [-0.1, -0.05) is 18.2 Å². The Hall–Kier alpha value is -2.23. The van der Waals surface area contributed by atoms with Gasteiger partial charge in [-0.3, -0.25) is 0 Å². The van der Waals surface area contributed by atoms with Crippen molar-refractivity contribution >= 4 is 16.7 Å². The van der Waals surface area contributed by atoms with Crippen molar-refractivity contribution in [3.8, 4) is 11.5 Å². The van der Waals surface area contributed by atoms with Gasteiger partial charge in [-0.25, -0.2) is 4.79 Å². The molecule has 2 aromatic rings. The number of hydrogen-bond donors (Lipinski definition) is 3. The van der Waals surface area contributed by atoms with Crippen LogP contribution in [0.4, 0.5) is 0 Å². The van der Waals surface area contributed by atoms with Gasteiger partial charge in [0, 0.05) is 0 Å². The molecule has 3 N–H and O–H groups in total. The van der Waals surface area contributed by atoms with Crippen molar-refractivity contribution < 1.29 is 20.1 Å². The lowest BCUT2D eigenvalue weighted by molar-refractivity contribution is 0.0694. The molecule has 4 heteroatoms.